The van der Waals surface area contributed by atoms with E-state index in [-0.39, 0.29) is 17.4 Å². The molecule has 1 heterocycles. The fourth-order valence-corrected chi connectivity index (χ4v) is 2.60. The molecule has 0 aliphatic carbocycles. The lowest BCUT2D eigenvalue weighted by atomic mass is 10.1. The van der Waals surface area contributed by atoms with Crippen molar-refractivity contribution in [2.75, 3.05) is 44.9 Å². The van der Waals surface area contributed by atoms with Crippen molar-refractivity contribution in [1.82, 2.24) is 4.90 Å². The predicted octanol–water partition coefficient (Wildman–Crippen LogP) is 1.33. The van der Waals surface area contributed by atoms with E-state index in [1.54, 1.807) is 6.07 Å². The van der Waals surface area contributed by atoms with Gasteiger partial charge >= 0.3 is 0 Å². The van der Waals surface area contributed by atoms with Gasteiger partial charge in [-0.2, -0.15) is 0 Å². The van der Waals surface area contributed by atoms with Gasteiger partial charge in [-0.25, -0.2) is 0 Å². The van der Waals surface area contributed by atoms with Crippen LogP contribution in [0.5, 0.6) is 5.75 Å². The van der Waals surface area contributed by atoms with Crippen LogP contribution in [0.4, 0.5) is 17.1 Å². The number of likely N-dealkylation sites (tertiary alicyclic amines) is 1. The molecule has 1 aromatic rings. The second-order valence-electron chi connectivity index (χ2n) is 5.16. The van der Waals surface area contributed by atoms with Gasteiger partial charge in [0, 0.05) is 31.8 Å². The molecule has 2 N–H and O–H groups in total. The molecule has 0 amide bonds. The summed E-state index contributed by atoms with van der Waals surface area (Å²) >= 11 is 0. The zero-order valence-corrected chi connectivity index (χ0v) is 12.0. The Morgan fingerprint density at radius 1 is 1.55 bits per heavy atom. The molecule has 110 valence electrons. The van der Waals surface area contributed by atoms with E-state index in [1.165, 1.54) is 13.2 Å². The van der Waals surface area contributed by atoms with Gasteiger partial charge in [0.2, 0.25) is 0 Å². The van der Waals surface area contributed by atoms with Crippen LogP contribution in [0.3, 0.4) is 0 Å². The van der Waals surface area contributed by atoms with Gasteiger partial charge in [-0.15, -0.1) is 0 Å². The van der Waals surface area contributed by atoms with E-state index in [9.17, 15) is 10.1 Å². The lowest BCUT2D eigenvalue weighted by molar-refractivity contribution is -0.384. The second-order valence-corrected chi connectivity index (χ2v) is 5.16. The van der Waals surface area contributed by atoms with E-state index in [0.717, 1.165) is 19.5 Å². The number of nitrogen functional groups attached to an aromatic ring is 1. The first kappa shape index (κ1) is 14.4. The molecule has 2 rings (SSSR count). The highest BCUT2D eigenvalue weighted by Crippen LogP contribution is 2.37. The number of ether oxygens (including phenoxy) is 1. The minimum absolute atomic E-state index is 0.0142. The topological polar surface area (TPSA) is 84.9 Å². The van der Waals surface area contributed by atoms with Crippen LogP contribution < -0.4 is 15.4 Å². The number of likely N-dealkylation sites (N-methyl/N-ethyl adjacent to an activating group) is 2. The molecule has 20 heavy (non-hydrogen) atoms. The minimum atomic E-state index is -0.402. The van der Waals surface area contributed by atoms with Crippen molar-refractivity contribution < 1.29 is 9.66 Å². The maximum Gasteiger partial charge on any atom is 0.294 e. The third-order valence-corrected chi connectivity index (χ3v) is 3.82. The number of benzene rings is 1. The van der Waals surface area contributed by atoms with Gasteiger partial charge in [0.25, 0.3) is 5.69 Å². The zero-order valence-electron chi connectivity index (χ0n) is 12.0. The highest BCUT2D eigenvalue weighted by Gasteiger charge is 2.28. The molecule has 1 aromatic carbocycles. The maximum absolute atomic E-state index is 11.2. The molecular weight excluding hydrogens is 260 g/mol. The molecule has 0 radical (unpaired) electrons. The summed E-state index contributed by atoms with van der Waals surface area (Å²) in [5, 5.41) is 11.2. The fourth-order valence-electron chi connectivity index (χ4n) is 2.60. The smallest absolute Gasteiger partial charge is 0.294 e. The summed E-state index contributed by atoms with van der Waals surface area (Å²) in [6, 6.07) is 3.27. The van der Waals surface area contributed by atoms with Gasteiger partial charge in [-0.1, -0.05) is 0 Å². The molecule has 0 bridgehead atoms. The largest absolute Gasteiger partial charge is 0.495 e. The highest BCUT2D eigenvalue weighted by atomic mass is 16.6. The molecule has 0 spiro atoms. The Labute approximate surface area is 118 Å². The van der Waals surface area contributed by atoms with Gasteiger partial charge in [-0.3, -0.25) is 10.1 Å². The molecule has 7 heteroatoms. The van der Waals surface area contributed by atoms with Crippen LogP contribution in [-0.2, 0) is 0 Å². The van der Waals surface area contributed by atoms with Crippen LogP contribution in [0, 0.1) is 10.1 Å². The number of hydrogen-bond donors (Lipinski definition) is 1. The molecule has 0 aromatic heterocycles. The number of hydrogen-bond acceptors (Lipinski definition) is 6. The number of nitro benzene ring substituents is 1. The number of rotatable bonds is 4. The van der Waals surface area contributed by atoms with Gasteiger partial charge in [-0.05, 0) is 20.0 Å². The van der Waals surface area contributed by atoms with Crippen molar-refractivity contribution in [3.63, 3.8) is 0 Å². The minimum Gasteiger partial charge on any atom is -0.495 e. The number of anilines is 2. The number of nitro groups is 1. The summed E-state index contributed by atoms with van der Waals surface area (Å²) < 4.78 is 5.17. The second kappa shape index (κ2) is 5.54. The van der Waals surface area contributed by atoms with Crippen LogP contribution in [-0.4, -0.2) is 50.2 Å². The van der Waals surface area contributed by atoms with Crippen molar-refractivity contribution in [1.29, 1.82) is 0 Å². The van der Waals surface area contributed by atoms with Crippen LogP contribution in [0.2, 0.25) is 0 Å². The Bertz CT molecular complexity index is 521. The lowest BCUT2D eigenvalue weighted by Crippen LogP contribution is -2.34. The molecule has 0 saturated carbocycles. The van der Waals surface area contributed by atoms with Crippen molar-refractivity contribution >= 4 is 17.1 Å². The van der Waals surface area contributed by atoms with E-state index in [1.807, 2.05) is 19.0 Å². The first-order valence-corrected chi connectivity index (χ1v) is 6.47. The standard InChI is InChI=1S/C13H20N4O3/c1-15-5-4-9(8-15)16(2)11-7-13(20-3)10(14)6-12(11)17(18)19/h6-7,9H,4-5,8,14H2,1-3H3. The highest BCUT2D eigenvalue weighted by molar-refractivity contribution is 5.73. The number of nitrogens with zero attached hydrogens (tertiary/aromatic N) is 3. The van der Waals surface area contributed by atoms with Crippen LogP contribution >= 0.6 is 0 Å². The summed E-state index contributed by atoms with van der Waals surface area (Å²) in [7, 11) is 5.43. The normalized spacial score (nSPS) is 19.1. The molecule has 1 unspecified atom stereocenters. The summed E-state index contributed by atoms with van der Waals surface area (Å²) in [5.41, 5.74) is 6.59. The molecule has 1 aliphatic heterocycles. The molecule has 7 nitrogen and oxygen atoms in total. The fraction of sp³-hybridized carbons (Fsp3) is 0.538. The number of methoxy groups -OCH3 is 1. The summed E-state index contributed by atoms with van der Waals surface area (Å²) in [4.78, 5) is 15.0. The van der Waals surface area contributed by atoms with Crippen molar-refractivity contribution in [3.8, 4) is 5.75 Å². The average molecular weight is 280 g/mol. The van der Waals surface area contributed by atoms with E-state index in [4.69, 9.17) is 10.5 Å². The van der Waals surface area contributed by atoms with E-state index in [0.29, 0.717) is 11.4 Å². The Hall–Kier alpha value is -2.02. The zero-order chi connectivity index (χ0) is 14.9. The van der Waals surface area contributed by atoms with Gasteiger partial charge in [0.15, 0.2) is 0 Å². The van der Waals surface area contributed by atoms with Crippen molar-refractivity contribution in [2.45, 2.75) is 12.5 Å². The summed E-state index contributed by atoms with van der Waals surface area (Å²) in [6.45, 7) is 1.88. The van der Waals surface area contributed by atoms with Crippen molar-refractivity contribution in [3.05, 3.63) is 22.2 Å². The Kier molecular flexibility index (Phi) is 3.99. The summed E-state index contributed by atoms with van der Waals surface area (Å²) in [6.07, 6.45) is 0.983. The van der Waals surface area contributed by atoms with E-state index in [2.05, 4.69) is 4.90 Å². The van der Waals surface area contributed by atoms with E-state index >= 15 is 0 Å². The van der Waals surface area contributed by atoms with Crippen LogP contribution in [0.15, 0.2) is 12.1 Å². The Balaban J connectivity index is 2.40. The molecule has 1 aliphatic rings. The van der Waals surface area contributed by atoms with Crippen LogP contribution in [0.1, 0.15) is 6.42 Å². The Morgan fingerprint density at radius 3 is 2.75 bits per heavy atom. The van der Waals surface area contributed by atoms with Crippen LogP contribution in [0.25, 0.3) is 0 Å². The molecule has 1 saturated heterocycles. The quantitative estimate of drug-likeness (QED) is 0.509. The van der Waals surface area contributed by atoms with E-state index < -0.39 is 4.92 Å². The monoisotopic (exact) mass is 280 g/mol. The Morgan fingerprint density at radius 2 is 2.25 bits per heavy atom. The van der Waals surface area contributed by atoms with Gasteiger partial charge in [0.1, 0.15) is 11.4 Å². The first-order valence-electron chi connectivity index (χ1n) is 6.47. The first-order chi connectivity index (χ1) is 9.43. The average Bonchev–Trinajstić information content (AvgIpc) is 2.84. The van der Waals surface area contributed by atoms with Gasteiger partial charge < -0.3 is 20.3 Å². The molecule has 1 fully saturated rings. The molecular formula is C13H20N4O3. The summed E-state index contributed by atoms with van der Waals surface area (Å²) in [5.74, 6) is 0.462. The third-order valence-electron chi connectivity index (χ3n) is 3.82. The maximum atomic E-state index is 11.2. The predicted molar refractivity (Wildman–Crippen MR) is 78.4 cm³/mol. The number of nitrogens with two attached hydrogens (primary N) is 1. The lowest BCUT2D eigenvalue weighted by Gasteiger charge is -2.26. The van der Waals surface area contributed by atoms with Crippen molar-refractivity contribution in [2.24, 2.45) is 0 Å². The third kappa shape index (κ3) is 2.62. The SMILES string of the molecule is COc1cc(N(C)C2CCN(C)C2)c([N+](=O)[O-])cc1N. The molecule has 1 atom stereocenters. The van der Waals surface area contributed by atoms with Gasteiger partial charge in [0.05, 0.1) is 17.7 Å².